The van der Waals surface area contributed by atoms with Crippen molar-refractivity contribution in [1.82, 2.24) is 15.0 Å². The maximum atomic E-state index is 12.7. The molecule has 0 atom stereocenters. The number of rotatable bonds is 4. The van der Waals surface area contributed by atoms with E-state index >= 15 is 0 Å². The Morgan fingerprint density at radius 2 is 1.82 bits per heavy atom. The minimum Gasteiger partial charge on any atom is -0.338 e. The number of anilines is 2. The summed E-state index contributed by atoms with van der Waals surface area (Å²) in [6.45, 7) is 0. The molecule has 4 rings (SSSR count). The molecule has 0 aliphatic rings. The van der Waals surface area contributed by atoms with Crippen LogP contribution in [0.4, 0.5) is 24.7 Å². The average molecular weight is 421 g/mol. The van der Waals surface area contributed by atoms with Gasteiger partial charge in [-0.15, -0.1) is 0 Å². The Morgan fingerprint density at radius 1 is 1.04 bits per heavy atom. The molecule has 2 aromatic carbocycles. The van der Waals surface area contributed by atoms with Crippen LogP contribution >= 0.6 is 22.9 Å². The lowest BCUT2D eigenvalue weighted by Gasteiger charge is -2.09. The van der Waals surface area contributed by atoms with E-state index in [0.29, 0.717) is 33.3 Å². The Labute approximate surface area is 167 Å². The highest BCUT2D eigenvalue weighted by atomic mass is 35.5. The molecule has 2 heterocycles. The number of benzene rings is 2. The summed E-state index contributed by atoms with van der Waals surface area (Å²) in [6, 6.07) is 12.3. The number of alkyl halides is 3. The van der Waals surface area contributed by atoms with Gasteiger partial charge in [0, 0.05) is 17.1 Å². The van der Waals surface area contributed by atoms with Crippen LogP contribution in [0.25, 0.3) is 10.3 Å². The van der Waals surface area contributed by atoms with Crippen LogP contribution in [0.15, 0.2) is 54.9 Å². The molecule has 0 spiro atoms. The summed E-state index contributed by atoms with van der Waals surface area (Å²) in [5.74, 6) is 0.443. The predicted molar refractivity (Wildman–Crippen MR) is 104 cm³/mol. The van der Waals surface area contributed by atoms with Crippen molar-refractivity contribution in [3.8, 4) is 0 Å². The van der Waals surface area contributed by atoms with Gasteiger partial charge in [0.05, 0.1) is 10.6 Å². The fourth-order valence-corrected chi connectivity index (χ4v) is 3.82. The van der Waals surface area contributed by atoms with Gasteiger partial charge in [0.2, 0.25) is 0 Å². The molecule has 0 radical (unpaired) electrons. The summed E-state index contributed by atoms with van der Waals surface area (Å²) in [5, 5.41) is 4.51. The first-order valence-corrected chi connectivity index (χ1v) is 9.37. The van der Waals surface area contributed by atoms with Crippen LogP contribution in [0.1, 0.15) is 16.1 Å². The van der Waals surface area contributed by atoms with Crippen LogP contribution in [0, 0.1) is 0 Å². The highest BCUT2D eigenvalue weighted by molar-refractivity contribution is 7.18. The molecule has 0 saturated heterocycles. The Morgan fingerprint density at radius 3 is 2.54 bits per heavy atom. The number of hydrogen-bond acceptors (Lipinski definition) is 5. The van der Waals surface area contributed by atoms with Gasteiger partial charge in [-0.2, -0.15) is 13.2 Å². The van der Waals surface area contributed by atoms with Crippen LogP contribution < -0.4 is 5.32 Å². The van der Waals surface area contributed by atoms with E-state index in [-0.39, 0.29) is 0 Å². The Balaban J connectivity index is 1.60. The van der Waals surface area contributed by atoms with Crippen molar-refractivity contribution in [3.05, 3.63) is 76.0 Å². The van der Waals surface area contributed by atoms with Crippen molar-refractivity contribution in [3.63, 3.8) is 0 Å². The third kappa shape index (κ3) is 4.07. The highest BCUT2D eigenvalue weighted by Crippen LogP contribution is 2.32. The van der Waals surface area contributed by atoms with Gasteiger partial charge in [-0.3, -0.25) is 0 Å². The van der Waals surface area contributed by atoms with E-state index in [1.54, 1.807) is 6.07 Å². The summed E-state index contributed by atoms with van der Waals surface area (Å²) in [4.78, 5) is 13.7. The first-order valence-electron chi connectivity index (χ1n) is 8.17. The molecular formula is C19H12ClF3N4S. The average Bonchev–Trinajstić information content (AvgIpc) is 3.05. The van der Waals surface area contributed by atoms with E-state index in [0.717, 1.165) is 22.7 Å². The van der Waals surface area contributed by atoms with Crippen molar-refractivity contribution in [2.45, 2.75) is 12.6 Å². The van der Waals surface area contributed by atoms with Gasteiger partial charge < -0.3 is 5.32 Å². The fraction of sp³-hybridized carbons (Fsp3) is 0.105. The molecule has 0 unspecified atom stereocenters. The van der Waals surface area contributed by atoms with Crippen LogP contribution in [-0.4, -0.2) is 15.0 Å². The smallest absolute Gasteiger partial charge is 0.338 e. The van der Waals surface area contributed by atoms with E-state index in [2.05, 4.69) is 20.3 Å². The molecule has 0 fully saturated rings. The molecule has 0 amide bonds. The van der Waals surface area contributed by atoms with Gasteiger partial charge >= 0.3 is 6.18 Å². The zero-order valence-corrected chi connectivity index (χ0v) is 15.7. The normalized spacial score (nSPS) is 11.7. The van der Waals surface area contributed by atoms with Crippen molar-refractivity contribution >= 4 is 44.8 Å². The van der Waals surface area contributed by atoms with Gasteiger partial charge in [0.15, 0.2) is 5.82 Å². The Hall–Kier alpha value is -2.71. The Bertz CT molecular complexity index is 1130. The van der Waals surface area contributed by atoms with Crippen molar-refractivity contribution in [2.75, 3.05) is 5.32 Å². The first-order chi connectivity index (χ1) is 13.4. The first kappa shape index (κ1) is 18.6. The minimum absolute atomic E-state index is 0.443. The molecule has 9 heteroatoms. The number of thiazole rings is 1. The van der Waals surface area contributed by atoms with Crippen molar-refractivity contribution < 1.29 is 13.2 Å². The predicted octanol–water partition coefficient (Wildman–Crippen LogP) is 6.09. The molecule has 142 valence electrons. The van der Waals surface area contributed by atoms with Gasteiger partial charge in [-0.05, 0) is 42.0 Å². The van der Waals surface area contributed by atoms with Crippen LogP contribution in [0.5, 0.6) is 0 Å². The molecule has 28 heavy (non-hydrogen) atoms. The van der Waals surface area contributed by atoms with Crippen LogP contribution in [0.2, 0.25) is 5.02 Å². The lowest BCUT2D eigenvalue weighted by atomic mass is 10.2. The van der Waals surface area contributed by atoms with E-state index in [1.807, 2.05) is 18.2 Å². The second kappa shape index (κ2) is 7.37. The lowest BCUT2D eigenvalue weighted by Crippen LogP contribution is -2.04. The van der Waals surface area contributed by atoms with E-state index in [1.165, 1.54) is 29.8 Å². The van der Waals surface area contributed by atoms with E-state index < -0.39 is 11.7 Å². The number of nitrogens with zero attached hydrogens (tertiary/aromatic N) is 3. The van der Waals surface area contributed by atoms with Gasteiger partial charge in [-0.25, -0.2) is 15.0 Å². The number of aromatic nitrogens is 3. The van der Waals surface area contributed by atoms with E-state index in [4.69, 9.17) is 11.6 Å². The number of hydrogen-bond donors (Lipinski definition) is 1. The van der Waals surface area contributed by atoms with Gasteiger partial charge in [-0.1, -0.05) is 35.1 Å². The van der Waals surface area contributed by atoms with Crippen molar-refractivity contribution in [1.29, 1.82) is 0 Å². The molecule has 4 nitrogen and oxygen atoms in total. The zero-order valence-electron chi connectivity index (χ0n) is 14.2. The fourth-order valence-electron chi connectivity index (χ4n) is 2.67. The maximum absolute atomic E-state index is 12.7. The summed E-state index contributed by atoms with van der Waals surface area (Å²) in [6.07, 6.45) is -2.37. The Kier molecular flexibility index (Phi) is 4.91. The maximum Gasteiger partial charge on any atom is 0.416 e. The highest BCUT2D eigenvalue weighted by Gasteiger charge is 2.30. The third-order valence-corrected chi connectivity index (χ3v) is 5.16. The molecule has 0 saturated carbocycles. The van der Waals surface area contributed by atoms with Gasteiger partial charge in [0.25, 0.3) is 0 Å². The molecule has 0 aliphatic carbocycles. The molecule has 2 aromatic heterocycles. The quantitative estimate of drug-likeness (QED) is 0.434. The molecule has 1 N–H and O–H groups in total. The minimum atomic E-state index is -4.37. The summed E-state index contributed by atoms with van der Waals surface area (Å²) in [7, 11) is 0. The van der Waals surface area contributed by atoms with E-state index in [9.17, 15) is 13.2 Å². The third-order valence-electron chi connectivity index (χ3n) is 3.96. The summed E-state index contributed by atoms with van der Waals surface area (Å²) < 4.78 is 38.1. The number of nitrogens with one attached hydrogen (secondary N) is 1. The second-order valence-corrected chi connectivity index (χ2v) is 7.49. The van der Waals surface area contributed by atoms with Crippen LogP contribution in [0.3, 0.4) is 0 Å². The molecule has 0 aliphatic heterocycles. The SMILES string of the molecule is FC(F)(F)c1ccc(Nc2ncnc3sc(Cc4cccc(Cl)c4)nc23)cc1. The monoisotopic (exact) mass is 420 g/mol. The lowest BCUT2D eigenvalue weighted by molar-refractivity contribution is -0.137. The van der Waals surface area contributed by atoms with Gasteiger partial charge in [0.1, 0.15) is 16.7 Å². The molecule has 4 aromatic rings. The summed E-state index contributed by atoms with van der Waals surface area (Å²) in [5.41, 5.74) is 1.38. The largest absolute Gasteiger partial charge is 0.416 e. The van der Waals surface area contributed by atoms with Crippen molar-refractivity contribution in [2.24, 2.45) is 0 Å². The van der Waals surface area contributed by atoms with Crippen LogP contribution in [-0.2, 0) is 12.6 Å². The second-order valence-electron chi connectivity index (χ2n) is 5.99. The number of fused-ring (bicyclic) bond motifs is 1. The summed E-state index contributed by atoms with van der Waals surface area (Å²) >= 11 is 7.46. The number of halogens is 4. The zero-order chi connectivity index (χ0) is 19.7. The standard InChI is InChI=1S/C19H12ClF3N4S/c20-13-3-1-2-11(8-13)9-15-27-16-17(24-10-25-18(16)28-15)26-14-6-4-12(5-7-14)19(21,22)23/h1-8,10H,9H2,(H,24,25,26). The molecule has 0 bridgehead atoms. The molecular weight excluding hydrogens is 409 g/mol. The topological polar surface area (TPSA) is 50.7 Å².